The monoisotopic (exact) mass is 373 g/mol. The molecule has 7 nitrogen and oxygen atoms in total. The molecule has 0 spiro atoms. The Hall–Kier alpha value is -1.86. The van der Waals surface area contributed by atoms with E-state index in [0.29, 0.717) is 23.6 Å². The molecule has 146 valence electrons. The number of carbonyl (C=O) groups is 2. The van der Waals surface area contributed by atoms with Crippen LogP contribution in [0.2, 0.25) is 0 Å². The van der Waals surface area contributed by atoms with Crippen molar-refractivity contribution in [3.8, 4) is 0 Å². The summed E-state index contributed by atoms with van der Waals surface area (Å²) in [5, 5.41) is 10.0. The van der Waals surface area contributed by atoms with Crippen molar-refractivity contribution in [3.05, 3.63) is 24.0 Å². The number of H-pyrrole nitrogens is 1. The van der Waals surface area contributed by atoms with Crippen LogP contribution < -0.4 is 0 Å². The Balaban J connectivity index is 1.27. The number of ether oxygens (including phenoxy) is 1. The van der Waals surface area contributed by atoms with Gasteiger partial charge in [0, 0.05) is 44.3 Å². The minimum Gasteiger partial charge on any atom is -0.458 e. The third-order valence-electron chi connectivity index (χ3n) is 7.04. The van der Waals surface area contributed by atoms with E-state index >= 15 is 0 Å². The molecule has 0 saturated carbocycles. The highest BCUT2D eigenvalue weighted by atomic mass is 16.5. The number of amides is 1. The van der Waals surface area contributed by atoms with Crippen molar-refractivity contribution >= 4 is 11.9 Å². The van der Waals surface area contributed by atoms with Crippen molar-refractivity contribution in [2.75, 3.05) is 19.6 Å². The lowest BCUT2D eigenvalue weighted by molar-refractivity contribution is -0.156. The van der Waals surface area contributed by atoms with Gasteiger partial charge in [0.2, 0.25) is 5.91 Å². The Morgan fingerprint density at radius 1 is 1.19 bits per heavy atom. The van der Waals surface area contributed by atoms with Gasteiger partial charge in [0.05, 0.1) is 12.5 Å². The fourth-order valence-electron chi connectivity index (χ4n) is 5.83. The van der Waals surface area contributed by atoms with Crippen molar-refractivity contribution < 1.29 is 19.4 Å². The van der Waals surface area contributed by atoms with Crippen LogP contribution in [0.4, 0.5) is 0 Å². The second-order valence-corrected chi connectivity index (χ2v) is 8.66. The van der Waals surface area contributed by atoms with Crippen LogP contribution in [0.25, 0.3) is 0 Å². The van der Waals surface area contributed by atoms with Crippen molar-refractivity contribution in [2.24, 2.45) is 11.8 Å². The molecule has 2 bridgehead atoms. The van der Waals surface area contributed by atoms with Gasteiger partial charge >= 0.3 is 5.97 Å². The predicted octanol–water partition coefficient (Wildman–Crippen LogP) is 1.01. The van der Waals surface area contributed by atoms with E-state index in [1.807, 2.05) is 4.90 Å². The summed E-state index contributed by atoms with van der Waals surface area (Å²) in [5.41, 5.74) is 0.499. The molecule has 27 heavy (non-hydrogen) atoms. The fraction of sp³-hybridized carbons (Fsp3) is 0.700. The van der Waals surface area contributed by atoms with E-state index in [4.69, 9.17) is 4.74 Å². The summed E-state index contributed by atoms with van der Waals surface area (Å²) in [4.78, 5) is 32.2. The number of nitrogens with zero attached hydrogens (tertiary/aromatic N) is 2. The summed E-state index contributed by atoms with van der Waals surface area (Å²) < 4.78 is 5.75. The molecule has 5 rings (SSSR count). The van der Waals surface area contributed by atoms with E-state index in [9.17, 15) is 14.7 Å². The molecular formula is C20H27N3O4. The molecule has 4 fully saturated rings. The number of esters is 1. The number of nitrogens with one attached hydrogen (secondary N) is 1. The number of piperidine rings is 4. The molecule has 4 aliphatic rings. The summed E-state index contributed by atoms with van der Waals surface area (Å²) in [6, 6.07) is 4.10. The molecule has 4 saturated heterocycles. The third-order valence-corrected chi connectivity index (χ3v) is 7.04. The van der Waals surface area contributed by atoms with Gasteiger partial charge in [-0.15, -0.1) is 0 Å². The van der Waals surface area contributed by atoms with Crippen LogP contribution in [0.1, 0.15) is 42.6 Å². The molecule has 1 aromatic rings. The minimum atomic E-state index is -0.480. The SMILES string of the molecule is O=C(O[C@H]1CCN2C[C@@H]3C[C@@H](CN4C(=O)C[C@@H](O)C[C@H]34)[C@@H]2C1)c1ccc[nH]1. The van der Waals surface area contributed by atoms with E-state index in [1.165, 1.54) is 0 Å². The van der Waals surface area contributed by atoms with Crippen LogP contribution in [0, 0.1) is 11.8 Å². The van der Waals surface area contributed by atoms with Gasteiger partial charge in [-0.1, -0.05) is 0 Å². The number of aromatic amines is 1. The van der Waals surface area contributed by atoms with E-state index in [0.717, 1.165) is 45.3 Å². The van der Waals surface area contributed by atoms with Crippen LogP contribution in [0.15, 0.2) is 18.3 Å². The molecule has 4 aliphatic heterocycles. The summed E-state index contributed by atoms with van der Waals surface area (Å²) >= 11 is 0. The highest BCUT2D eigenvalue weighted by Gasteiger charge is 2.50. The van der Waals surface area contributed by atoms with Crippen LogP contribution in [0.3, 0.4) is 0 Å². The lowest BCUT2D eigenvalue weighted by Crippen LogP contribution is -2.66. The van der Waals surface area contributed by atoms with Crippen LogP contribution in [-0.2, 0) is 9.53 Å². The first-order valence-electron chi connectivity index (χ1n) is 10.1. The first-order valence-corrected chi connectivity index (χ1v) is 10.1. The van der Waals surface area contributed by atoms with Gasteiger partial charge in [-0.2, -0.15) is 0 Å². The Morgan fingerprint density at radius 2 is 2.04 bits per heavy atom. The predicted molar refractivity (Wildman–Crippen MR) is 96.9 cm³/mol. The molecule has 2 N–H and O–H groups in total. The number of rotatable bonds is 2. The quantitative estimate of drug-likeness (QED) is 0.756. The van der Waals surface area contributed by atoms with Crippen LogP contribution >= 0.6 is 0 Å². The molecule has 1 aromatic heterocycles. The number of hydrogen-bond acceptors (Lipinski definition) is 5. The first kappa shape index (κ1) is 17.3. The summed E-state index contributed by atoms with van der Waals surface area (Å²) in [7, 11) is 0. The maximum Gasteiger partial charge on any atom is 0.355 e. The summed E-state index contributed by atoms with van der Waals surface area (Å²) in [6.07, 6.45) is 4.99. The number of aliphatic hydroxyl groups is 1. The Labute approximate surface area is 158 Å². The zero-order chi connectivity index (χ0) is 18.5. The number of aromatic nitrogens is 1. The topological polar surface area (TPSA) is 85.9 Å². The van der Waals surface area contributed by atoms with Crippen LogP contribution in [0.5, 0.6) is 0 Å². The zero-order valence-electron chi connectivity index (χ0n) is 15.4. The van der Waals surface area contributed by atoms with E-state index in [1.54, 1.807) is 18.3 Å². The maximum absolute atomic E-state index is 12.5. The number of hydrogen-bond donors (Lipinski definition) is 2. The van der Waals surface area contributed by atoms with Gasteiger partial charge in [-0.25, -0.2) is 4.79 Å². The zero-order valence-corrected chi connectivity index (χ0v) is 15.4. The third kappa shape index (κ3) is 3.06. The van der Waals surface area contributed by atoms with Crippen molar-refractivity contribution in [2.45, 2.75) is 56.4 Å². The average Bonchev–Trinajstić information content (AvgIpc) is 3.18. The van der Waals surface area contributed by atoms with Gasteiger partial charge in [-0.05, 0) is 43.2 Å². The normalized spacial score (nSPS) is 38.9. The molecule has 0 aromatic carbocycles. The first-order chi connectivity index (χ1) is 13.1. The van der Waals surface area contributed by atoms with E-state index in [-0.39, 0.29) is 30.4 Å². The molecule has 0 unspecified atom stereocenters. The van der Waals surface area contributed by atoms with Gasteiger partial charge < -0.3 is 19.7 Å². The van der Waals surface area contributed by atoms with Crippen molar-refractivity contribution in [3.63, 3.8) is 0 Å². The Bertz CT molecular complexity index is 721. The molecular weight excluding hydrogens is 346 g/mol. The highest BCUT2D eigenvalue weighted by molar-refractivity contribution is 5.87. The second kappa shape index (κ2) is 6.63. The molecule has 5 heterocycles. The number of fused-ring (bicyclic) bond motifs is 6. The standard InChI is InChI=1S/C20H27N3O4/c24-14-7-18-12-6-13(11-23(18)19(25)8-14)17-9-15(3-5-22(17)10-12)27-20(26)16-2-1-4-21-16/h1-2,4,12-15,17-18,21,24H,3,5-11H2/t12-,13-,14-,15-,17-,18+/m0/s1. The lowest BCUT2D eigenvalue weighted by atomic mass is 9.70. The maximum atomic E-state index is 12.5. The Morgan fingerprint density at radius 3 is 2.85 bits per heavy atom. The van der Waals surface area contributed by atoms with E-state index in [2.05, 4.69) is 9.88 Å². The lowest BCUT2D eigenvalue weighted by Gasteiger charge is -2.57. The molecule has 6 atom stereocenters. The van der Waals surface area contributed by atoms with Gasteiger partial charge in [-0.3, -0.25) is 9.69 Å². The second-order valence-electron chi connectivity index (χ2n) is 8.66. The molecule has 7 heteroatoms. The fourth-order valence-corrected chi connectivity index (χ4v) is 5.83. The molecule has 1 amide bonds. The molecule has 0 radical (unpaired) electrons. The average molecular weight is 373 g/mol. The van der Waals surface area contributed by atoms with Crippen molar-refractivity contribution in [1.82, 2.24) is 14.8 Å². The number of carbonyl (C=O) groups excluding carboxylic acids is 2. The van der Waals surface area contributed by atoms with E-state index < -0.39 is 6.10 Å². The molecule has 0 aliphatic carbocycles. The van der Waals surface area contributed by atoms with Gasteiger partial charge in [0.1, 0.15) is 11.8 Å². The smallest absolute Gasteiger partial charge is 0.355 e. The minimum absolute atomic E-state index is 0.0600. The Kier molecular flexibility index (Phi) is 4.24. The largest absolute Gasteiger partial charge is 0.458 e. The van der Waals surface area contributed by atoms with Crippen LogP contribution in [-0.4, -0.2) is 75.7 Å². The number of aliphatic hydroxyl groups excluding tert-OH is 1. The summed E-state index contributed by atoms with van der Waals surface area (Å²) in [5.74, 6) is 0.714. The van der Waals surface area contributed by atoms with Gasteiger partial charge in [0.15, 0.2) is 0 Å². The summed E-state index contributed by atoms with van der Waals surface area (Å²) in [6.45, 7) is 2.70. The van der Waals surface area contributed by atoms with Gasteiger partial charge in [0.25, 0.3) is 0 Å². The highest BCUT2D eigenvalue weighted by Crippen LogP contribution is 2.43. The van der Waals surface area contributed by atoms with Crippen molar-refractivity contribution in [1.29, 1.82) is 0 Å².